The van der Waals surface area contributed by atoms with Gasteiger partial charge in [0.25, 0.3) is 5.91 Å². The molecule has 0 saturated carbocycles. The van der Waals surface area contributed by atoms with Crippen LogP contribution >= 0.6 is 11.6 Å². The second-order valence-corrected chi connectivity index (χ2v) is 7.49. The molecule has 1 atom stereocenters. The van der Waals surface area contributed by atoms with E-state index in [9.17, 15) is 9.59 Å². The molecule has 1 amide bonds. The van der Waals surface area contributed by atoms with E-state index < -0.39 is 0 Å². The summed E-state index contributed by atoms with van der Waals surface area (Å²) in [6.45, 7) is 0.607. The number of aromatic nitrogens is 3. The molecule has 3 aromatic rings. The lowest BCUT2D eigenvalue weighted by Crippen LogP contribution is -2.32. The summed E-state index contributed by atoms with van der Waals surface area (Å²) in [6.07, 6.45) is 4.88. The summed E-state index contributed by atoms with van der Waals surface area (Å²) < 4.78 is 1.40. The number of rotatable bonds is 3. The molecule has 7 nitrogen and oxygen atoms in total. The van der Waals surface area contributed by atoms with Crippen LogP contribution in [0.4, 0.5) is 5.95 Å². The summed E-state index contributed by atoms with van der Waals surface area (Å²) in [7, 11) is 1.63. The summed E-state index contributed by atoms with van der Waals surface area (Å²) in [5.41, 5.74) is 8.64. The minimum Gasteiger partial charge on any atom is -0.368 e. The Kier molecular flexibility index (Phi) is 5.07. The first-order valence-corrected chi connectivity index (χ1v) is 9.68. The van der Waals surface area contributed by atoms with E-state index in [-0.39, 0.29) is 23.5 Å². The maximum absolute atomic E-state index is 13.2. The molecule has 1 fully saturated rings. The normalized spacial score (nSPS) is 16.2. The first-order chi connectivity index (χ1) is 13.9. The average molecular weight is 410 g/mol. The number of amides is 1. The SMILES string of the molecule is Cn1cc(C(=O)N2CCC[C@H]2c2nc(N)ncc2-c2ccc(Cl)cc2)ccc1=O. The lowest BCUT2D eigenvalue weighted by Gasteiger charge is -2.26. The Morgan fingerprint density at radius 1 is 1.21 bits per heavy atom. The largest absolute Gasteiger partial charge is 0.368 e. The molecule has 0 radical (unpaired) electrons. The van der Waals surface area contributed by atoms with Crippen LogP contribution in [-0.2, 0) is 7.05 Å². The smallest absolute Gasteiger partial charge is 0.255 e. The second kappa shape index (κ2) is 7.67. The zero-order chi connectivity index (χ0) is 20.5. The van der Waals surface area contributed by atoms with Gasteiger partial charge in [0.2, 0.25) is 11.5 Å². The molecule has 148 valence electrons. The number of carbonyl (C=O) groups is 1. The molecule has 1 aliphatic heterocycles. The van der Waals surface area contributed by atoms with Crippen molar-refractivity contribution in [2.45, 2.75) is 18.9 Å². The molecule has 3 heterocycles. The van der Waals surface area contributed by atoms with Crippen molar-refractivity contribution in [3.05, 3.63) is 75.4 Å². The third kappa shape index (κ3) is 3.73. The summed E-state index contributed by atoms with van der Waals surface area (Å²) in [5.74, 6) is 0.0291. The molecule has 0 bridgehead atoms. The molecular weight excluding hydrogens is 390 g/mol. The number of halogens is 1. The van der Waals surface area contributed by atoms with E-state index >= 15 is 0 Å². The maximum Gasteiger partial charge on any atom is 0.255 e. The van der Waals surface area contributed by atoms with Crippen molar-refractivity contribution >= 4 is 23.5 Å². The van der Waals surface area contributed by atoms with Gasteiger partial charge in [0.1, 0.15) is 0 Å². The lowest BCUT2D eigenvalue weighted by molar-refractivity contribution is 0.0732. The number of benzene rings is 1. The predicted molar refractivity (Wildman–Crippen MR) is 112 cm³/mol. The van der Waals surface area contributed by atoms with E-state index in [2.05, 4.69) is 9.97 Å². The fourth-order valence-corrected chi connectivity index (χ4v) is 3.82. The fraction of sp³-hybridized carbons (Fsp3) is 0.238. The van der Waals surface area contributed by atoms with Crippen molar-refractivity contribution < 1.29 is 4.79 Å². The summed E-state index contributed by atoms with van der Waals surface area (Å²) >= 11 is 6.02. The monoisotopic (exact) mass is 409 g/mol. The number of hydrogen-bond acceptors (Lipinski definition) is 5. The first kappa shape index (κ1) is 19.1. The maximum atomic E-state index is 13.2. The summed E-state index contributed by atoms with van der Waals surface area (Å²) in [5, 5.41) is 0.638. The molecule has 0 spiro atoms. The summed E-state index contributed by atoms with van der Waals surface area (Å²) in [6, 6.07) is 10.1. The molecular formula is C21H20ClN5O2. The van der Waals surface area contributed by atoms with Gasteiger partial charge >= 0.3 is 0 Å². The number of likely N-dealkylation sites (tertiary alicyclic amines) is 1. The van der Waals surface area contributed by atoms with Crippen LogP contribution < -0.4 is 11.3 Å². The van der Waals surface area contributed by atoms with E-state index in [4.69, 9.17) is 17.3 Å². The number of pyridine rings is 1. The van der Waals surface area contributed by atoms with Crippen molar-refractivity contribution in [2.75, 3.05) is 12.3 Å². The van der Waals surface area contributed by atoms with Crippen LogP contribution in [0.25, 0.3) is 11.1 Å². The zero-order valence-electron chi connectivity index (χ0n) is 15.9. The molecule has 0 aliphatic carbocycles. The van der Waals surface area contributed by atoms with Gasteiger partial charge in [0.15, 0.2) is 0 Å². The van der Waals surface area contributed by atoms with Gasteiger partial charge < -0.3 is 15.2 Å². The molecule has 8 heteroatoms. The number of nitrogens with two attached hydrogens (primary N) is 1. The molecule has 29 heavy (non-hydrogen) atoms. The minimum absolute atomic E-state index is 0.137. The van der Waals surface area contributed by atoms with Gasteiger partial charge in [-0.05, 0) is 36.6 Å². The highest BCUT2D eigenvalue weighted by atomic mass is 35.5. The average Bonchev–Trinajstić information content (AvgIpc) is 3.20. The Balaban J connectivity index is 1.74. The van der Waals surface area contributed by atoms with E-state index in [1.807, 2.05) is 12.1 Å². The van der Waals surface area contributed by atoms with Crippen LogP contribution in [0.1, 0.15) is 34.9 Å². The molecule has 1 aliphatic rings. The highest BCUT2D eigenvalue weighted by Crippen LogP contribution is 2.37. The van der Waals surface area contributed by atoms with Gasteiger partial charge in [-0.3, -0.25) is 9.59 Å². The van der Waals surface area contributed by atoms with Crippen molar-refractivity contribution in [1.82, 2.24) is 19.4 Å². The molecule has 2 N–H and O–H groups in total. The van der Waals surface area contributed by atoms with Gasteiger partial charge in [-0.25, -0.2) is 9.97 Å². The van der Waals surface area contributed by atoms with Crippen molar-refractivity contribution in [3.63, 3.8) is 0 Å². The first-order valence-electron chi connectivity index (χ1n) is 9.30. The van der Waals surface area contributed by atoms with Crippen LogP contribution in [0.2, 0.25) is 5.02 Å². The Morgan fingerprint density at radius 3 is 2.69 bits per heavy atom. The fourth-order valence-electron chi connectivity index (χ4n) is 3.70. The number of aryl methyl sites for hydroxylation is 1. The van der Waals surface area contributed by atoms with Gasteiger partial charge in [0, 0.05) is 42.6 Å². The molecule has 4 rings (SSSR count). The Hall–Kier alpha value is -3.19. The highest BCUT2D eigenvalue weighted by Gasteiger charge is 2.33. The Labute approximate surface area is 172 Å². The third-order valence-electron chi connectivity index (χ3n) is 5.15. The number of anilines is 1. The minimum atomic E-state index is -0.226. The molecule has 2 aromatic heterocycles. The van der Waals surface area contributed by atoms with E-state index in [1.165, 1.54) is 10.6 Å². The quantitative estimate of drug-likeness (QED) is 0.717. The van der Waals surface area contributed by atoms with Crippen LogP contribution in [0.15, 0.2) is 53.6 Å². The number of hydrogen-bond donors (Lipinski definition) is 1. The van der Waals surface area contributed by atoms with Crippen molar-refractivity contribution in [3.8, 4) is 11.1 Å². The zero-order valence-corrected chi connectivity index (χ0v) is 16.6. The van der Waals surface area contributed by atoms with Crippen molar-refractivity contribution in [1.29, 1.82) is 0 Å². The lowest BCUT2D eigenvalue weighted by atomic mass is 9.99. The molecule has 0 unspecified atom stereocenters. The topological polar surface area (TPSA) is 94.1 Å². The Bertz CT molecular complexity index is 1130. The van der Waals surface area contributed by atoms with Gasteiger partial charge in [-0.15, -0.1) is 0 Å². The van der Waals surface area contributed by atoms with Crippen LogP contribution in [0, 0.1) is 0 Å². The van der Waals surface area contributed by atoms with Crippen molar-refractivity contribution in [2.24, 2.45) is 7.05 Å². The van der Waals surface area contributed by atoms with E-state index in [1.54, 1.807) is 42.5 Å². The van der Waals surface area contributed by atoms with Gasteiger partial charge in [0.05, 0.1) is 17.3 Å². The van der Waals surface area contributed by atoms with E-state index in [0.717, 1.165) is 29.7 Å². The van der Waals surface area contributed by atoms with Crippen LogP contribution in [-0.4, -0.2) is 31.9 Å². The number of nitrogen functional groups attached to an aromatic ring is 1. The number of nitrogens with zero attached hydrogens (tertiary/aromatic N) is 4. The van der Waals surface area contributed by atoms with E-state index in [0.29, 0.717) is 17.1 Å². The highest BCUT2D eigenvalue weighted by molar-refractivity contribution is 6.30. The number of carbonyl (C=O) groups excluding carboxylic acids is 1. The molecule has 1 saturated heterocycles. The Morgan fingerprint density at radius 2 is 1.97 bits per heavy atom. The predicted octanol–water partition coefficient (Wildman–Crippen LogP) is 3.06. The van der Waals surface area contributed by atoms with Gasteiger partial charge in [-0.2, -0.15) is 0 Å². The molecule has 1 aromatic carbocycles. The summed E-state index contributed by atoms with van der Waals surface area (Å²) in [4.78, 5) is 35.3. The standard InChI is InChI=1S/C21H20ClN5O2/c1-26-12-14(6-9-18(26)28)20(29)27-10-2-3-17(27)19-16(11-24-21(23)25-19)13-4-7-15(22)8-5-13/h4-9,11-12,17H,2-3,10H2,1H3,(H2,23,24,25)/t17-/m0/s1. The van der Waals surface area contributed by atoms with Crippen LogP contribution in [0.5, 0.6) is 0 Å². The third-order valence-corrected chi connectivity index (χ3v) is 5.41. The van der Waals surface area contributed by atoms with Crippen LogP contribution in [0.3, 0.4) is 0 Å². The van der Waals surface area contributed by atoms with Gasteiger partial charge in [-0.1, -0.05) is 23.7 Å². The second-order valence-electron chi connectivity index (χ2n) is 7.06.